The minimum atomic E-state index is 0.826. The number of nitrogens with zero attached hydrogens (tertiary/aromatic N) is 2. The van der Waals surface area contributed by atoms with Crippen LogP contribution in [0.2, 0.25) is 0 Å². The molecule has 0 radical (unpaired) electrons. The van der Waals surface area contributed by atoms with E-state index in [0.29, 0.717) is 0 Å². The molecule has 94 valence electrons. The minimum Gasteiger partial charge on any atom is -0.345 e. The largest absolute Gasteiger partial charge is 0.345 e. The van der Waals surface area contributed by atoms with Gasteiger partial charge in [-0.05, 0) is 38.9 Å². The maximum Gasteiger partial charge on any atom is 0.106 e. The Kier molecular flexibility index (Phi) is 3.16. The molecular weight excluding hydrogens is 212 g/mol. The second kappa shape index (κ2) is 4.78. The van der Waals surface area contributed by atoms with Gasteiger partial charge in [0.25, 0.3) is 0 Å². The normalized spacial score (nSPS) is 22.6. The van der Waals surface area contributed by atoms with Crippen molar-refractivity contribution >= 4 is 0 Å². The van der Waals surface area contributed by atoms with Gasteiger partial charge in [0.1, 0.15) is 5.82 Å². The molecule has 4 heteroatoms. The zero-order valence-corrected chi connectivity index (χ0v) is 10.6. The first-order chi connectivity index (χ1) is 8.31. The van der Waals surface area contributed by atoms with E-state index in [1.165, 1.54) is 43.1 Å². The zero-order valence-electron chi connectivity index (χ0n) is 10.6. The van der Waals surface area contributed by atoms with Gasteiger partial charge >= 0.3 is 0 Å². The van der Waals surface area contributed by atoms with E-state index < -0.39 is 0 Å². The van der Waals surface area contributed by atoms with Crippen molar-refractivity contribution in [2.75, 3.05) is 26.7 Å². The van der Waals surface area contributed by atoms with E-state index in [1.807, 2.05) is 0 Å². The number of hydrogen-bond acceptors (Lipinski definition) is 3. The maximum absolute atomic E-state index is 4.75. The monoisotopic (exact) mass is 234 g/mol. The van der Waals surface area contributed by atoms with Crippen LogP contribution in [0, 0.1) is 5.92 Å². The van der Waals surface area contributed by atoms with Gasteiger partial charge in [-0.25, -0.2) is 4.98 Å². The van der Waals surface area contributed by atoms with Crippen LogP contribution >= 0.6 is 0 Å². The Morgan fingerprint density at radius 1 is 1.35 bits per heavy atom. The highest BCUT2D eigenvalue weighted by Gasteiger charge is 2.20. The number of likely N-dealkylation sites (tertiary alicyclic amines) is 1. The van der Waals surface area contributed by atoms with Gasteiger partial charge < -0.3 is 15.2 Å². The van der Waals surface area contributed by atoms with E-state index in [-0.39, 0.29) is 0 Å². The molecule has 0 bridgehead atoms. The number of aromatic amines is 1. The SMILES string of the molecule is CN1CCC(Cc2nc3c([nH]2)CNCC3)CC1. The Hall–Kier alpha value is -0.870. The summed E-state index contributed by atoms with van der Waals surface area (Å²) in [4.78, 5) is 10.7. The van der Waals surface area contributed by atoms with E-state index in [2.05, 4.69) is 22.2 Å². The number of nitrogens with one attached hydrogen (secondary N) is 2. The summed E-state index contributed by atoms with van der Waals surface area (Å²) in [5.41, 5.74) is 2.62. The van der Waals surface area contributed by atoms with Crippen LogP contribution in [0.4, 0.5) is 0 Å². The van der Waals surface area contributed by atoms with Crippen LogP contribution < -0.4 is 5.32 Å². The fourth-order valence-electron chi connectivity index (χ4n) is 2.91. The molecule has 1 aromatic rings. The molecule has 2 aliphatic heterocycles. The van der Waals surface area contributed by atoms with E-state index in [1.54, 1.807) is 0 Å². The fourth-order valence-corrected chi connectivity index (χ4v) is 2.91. The molecular formula is C13H22N4. The molecule has 2 N–H and O–H groups in total. The third kappa shape index (κ3) is 2.53. The lowest BCUT2D eigenvalue weighted by Gasteiger charge is -2.28. The number of hydrogen-bond donors (Lipinski definition) is 2. The van der Waals surface area contributed by atoms with Crippen LogP contribution in [-0.4, -0.2) is 41.5 Å². The zero-order chi connectivity index (χ0) is 11.7. The minimum absolute atomic E-state index is 0.826. The van der Waals surface area contributed by atoms with E-state index >= 15 is 0 Å². The highest BCUT2D eigenvalue weighted by molar-refractivity contribution is 5.17. The molecule has 1 fully saturated rings. The fraction of sp³-hybridized carbons (Fsp3) is 0.769. The van der Waals surface area contributed by atoms with Crippen molar-refractivity contribution < 1.29 is 0 Å². The first-order valence-electron chi connectivity index (χ1n) is 6.77. The molecule has 2 aliphatic rings. The molecule has 0 spiro atoms. The van der Waals surface area contributed by atoms with Gasteiger partial charge in [-0.3, -0.25) is 0 Å². The summed E-state index contributed by atoms with van der Waals surface area (Å²) in [5, 5.41) is 3.39. The maximum atomic E-state index is 4.75. The van der Waals surface area contributed by atoms with Crippen molar-refractivity contribution in [3.63, 3.8) is 0 Å². The lowest BCUT2D eigenvalue weighted by Crippen LogP contribution is -2.31. The second-order valence-corrected chi connectivity index (χ2v) is 5.49. The van der Waals surface area contributed by atoms with E-state index in [4.69, 9.17) is 4.98 Å². The topological polar surface area (TPSA) is 44.0 Å². The number of fused-ring (bicyclic) bond motifs is 1. The van der Waals surface area contributed by atoms with Gasteiger partial charge in [-0.2, -0.15) is 0 Å². The summed E-state index contributed by atoms with van der Waals surface area (Å²) in [6.45, 7) is 4.53. The van der Waals surface area contributed by atoms with Crippen LogP contribution in [0.3, 0.4) is 0 Å². The molecule has 3 heterocycles. The van der Waals surface area contributed by atoms with Gasteiger partial charge in [0, 0.05) is 25.9 Å². The second-order valence-electron chi connectivity index (χ2n) is 5.49. The Labute approximate surface area is 103 Å². The highest BCUT2D eigenvalue weighted by atomic mass is 15.1. The van der Waals surface area contributed by atoms with Crippen LogP contribution in [0.5, 0.6) is 0 Å². The summed E-state index contributed by atoms with van der Waals surface area (Å²) in [5.74, 6) is 2.04. The molecule has 0 amide bonds. The van der Waals surface area contributed by atoms with Gasteiger partial charge in [0.05, 0.1) is 11.4 Å². The summed E-state index contributed by atoms with van der Waals surface area (Å²) >= 11 is 0. The molecule has 4 nitrogen and oxygen atoms in total. The van der Waals surface area contributed by atoms with Crippen LogP contribution in [-0.2, 0) is 19.4 Å². The van der Waals surface area contributed by atoms with Crippen molar-refractivity contribution in [3.8, 4) is 0 Å². The average molecular weight is 234 g/mol. The van der Waals surface area contributed by atoms with Crippen LogP contribution in [0.1, 0.15) is 30.1 Å². The highest BCUT2D eigenvalue weighted by Crippen LogP contribution is 2.21. The Bertz CT molecular complexity index is 353. The van der Waals surface area contributed by atoms with Crippen molar-refractivity contribution in [3.05, 3.63) is 17.2 Å². The molecule has 0 aromatic carbocycles. The third-order valence-electron chi connectivity index (χ3n) is 4.07. The lowest BCUT2D eigenvalue weighted by molar-refractivity contribution is 0.217. The number of H-pyrrole nitrogens is 1. The number of imidazole rings is 1. The predicted molar refractivity (Wildman–Crippen MR) is 67.9 cm³/mol. The van der Waals surface area contributed by atoms with E-state index in [9.17, 15) is 0 Å². The van der Waals surface area contributed by atoms with Crippen molar-refractivity contribution in [1.29, 1.82) is 0 Å². The first-order valence-corrected chi connectivity index (χ1v) is 6.77. The average Bonchev–Trinajstić information content (AvgIpc) is 2.74. The summed E-state index contributed by atoms with van der Waals surface area (Å²) < 4.78 is 0. The molecule has 1 aromatic heterocycles. The first kappa shape index (κ1) is 11.2. The van der Waals surface area contributed by atoms with E-state index in [0.717, 1.165) is 31.8 Å². The molecule has 17 heavy (non-hydrogen) atoms. The van der Waals surface area contributed by atoms with Gasteiger partial charge in [-0.1, -0.05) is 0 Å². The van der Waals surface area contributed by atoms with Crippen LogP contribution in [0.15, 0.2) is 0 Å². The molecule has 0 saturated carbocycles. The summed E-state index contributed by atoms with van der Waals surface area (Å²) in [6, 6.07) is 0. The quantitative estimate of drug-likeness (QED) is 0.800. The standard InChI is InChI=1S/C13H22N4/c1-17-6-3-10(4-7-17)8-13-15-11-2-5-14-9-12(11)16-13/h10,14H,2-9H2,1H3,(H,15,16). The van der Waals surface area contributed by atoms with Crippen molar-refractivity contribution in [1.82, 2.24) is 20.2 Å². The van der Waals surface area contributed by atoms with Gasteiger partial charge in [-0.15, -0.1) is 0 Å². The molecule has 0 atom stereocenters. The van der Waals surface area contributed by atoms with Gasteiger partial charge in [0.15, 0.2) is 0 Å². The van der Waals surface area contributed by atoms with Crippen molar-refractivity contribution in [2.24, 2.45) is 5.92 Å². The predicted octanol–water partition coefficient (Wildman–Crippen LogP) is 0.940. The Morgan fingerprint density at radius 3 is 2.94 bits per heavy atom. The molecule has 0 aliphatic carbocycles. The number of piperidine rings is 1. The van der Waals surface area contributed by atoms with Gasteiger partial charge in [0.2, 0.25) is 0 Å². The molecule has 0 unspecified atom stereocenters. The Morgan fingerprint density at radius 2 is 2.18 bits per heavy atom. The third-order valence-corrected chi connectivity index (χ3v) is 4.07. The molecule has 3 rings (SSSR count). The van der Waals surface area contributed by atoms with Crippen molar-refractivity contribution in [2.45, 2.75) is 32.2 Å². The number of rotatable bonds is 2. The summed E-state index contributed by atoms with van der Waals surface area (Å²) in [7, 11) is 2.22. The summed E-state index contributed by atoms with van der Waals surface area (Å²) in [6.07, 6.45) is 4.86. The Balaban J connectivity index is 1.63. The smallest absolute Gasteiger partial charge is 0.106 e. The van der Waals surface area contributed by atoms with Crippen LogP contribution in [0.25, 0.3) is 0 Å². The lowest BCUT2D eigenvalue weighted by atomic mass is 9.94. The molecule has 1 saturated heterocycles. The number of aromatic nitrogens is 2.